The van der Waals surface area contributed by atoms with E-state index >= 15 is 0 Å². The van der Waals surface area contributed by atoms with Crippen molar-refractivity contribution >= 4 is 15.9 Å². The molecule has 140 valence electrons. The van der Waals surface area contributed by atoms with E-state index in [-0.39, 0.29) is 23.1 Å². The zero-order valence-electron chi connectivity index (χ0n) is 14.6. The second kappa shape index (κ2) is 7.46. The molecule has 3 rings (SSSR count). The summed E-state index contributed by atoms with van der Waals surface area (Å²) in [5, 5.41) is 6.20. The van der Waals surface area contributed by atoms with Gasteiger partial charge in [0.15, 0.2) is 5.76 Å². The molecule has 0 radical (unpaired) electrons. The maximum absolute atomic E-state index is 13.3. The largest absolute Gasteiger partial charge is 0.495 e. The molecule has 1 aromatic heterocycles. The molecule has 0 aliphatic carbocycles. The average Bonchev–Trinajstić information content (AvgIpc) is 3.21. The molecule has 1 amide bonds. The fourth-order valence-corrected chi connectivity index (χ4v) is 4.98. The van der Waals surface area contributed by atoms with Gasteiger partial charge in [-0.3, -0.25) is 4.79 Å². The molecule has 2 heterocycles. The fourth-order valence-electron chi connectivity index (χ4n) is 3.14. The summed E-state index contributed by atoms with van der Waals surface area (Å²) in [5.74, 6) is 0.360. The van der Waals surface area contributed by atoms with Gasteiger partial charge in [-0.2, -0.15) is 4.31 Å². The molecule has 1 fully saturated rings. The van der Waals surface area contributed by atoms with Gasteiger partial charge in [-0.05, 0) is 31.0 Å². The number of aromatic nitrogens is 1. The Kier molecular flexibility index (Phi) is 5.28. The number of hydrogen-bond acceptors (Lipinski definition) is 6. The smallest absolute Gasteiger partial charge is 0.247 e. The first kappa shape index (κ1) is 18.4. The number of nitrogens with one attached hydrogen (secondary N) is 1. The van der Waals surface area contributed by atoms with Crippen molar-refractivity contribution in [1.82, 2.24) is 14.8 Å². The van der Waals surface area contributed by atoms with Crippen molar-refractivity contribution in [3.8, 4) is 17.1 Å². The van der Waals surface area contributed by atoms with Crippen LogP contribution in [0.4, 0.5) is 0 Å². The third kappa shape index (κ3) is 3.32. The quantitative estimate of drug-likeness (QED) is 0.847. The van der Waals surface area contributed by atoms with E-state index < -0.39 is 16.1 Å². The van der Waals surface area contributed by atoms with Crippen molar-refractivity contribution in [1.29, 1.82) is 0 Å². The Hall–Kier alpha value is -2.39. The summed E-state index contributed by atoms with van der Waals surface area (Å²) in [6.45, 7) is 0.288. The highest BCUT2D eigenvalue weighted by Gasteiger charge is 2.38. The number of carbonyl (C=O) groups excluding carboxylic acids is 1. The van der Waals surface area contributed by atoms with E-state index in [2.05, 4.69) is 10.5 Å². The molecule has 2 aromatic rings. The van der Waals surface area contributed by atoms with Crippen LogP contribution in [0.25, 0.3) is 11.3 Å². The van der Waals surface area contributed by atoms with Gasteiger partial charge in [-0.1, -0.05) is 11.6 Å². The van der Waals surface area contributed by atoms with Gasteiger partial charge in [0.1, 0.15) is 16.7 Å². The van der Waals surface area contributed by atoms with Crippen molar-refractivity contribution in [3.05, 3.63) is 30.5 Å². The van der Waals surface area contributed by atoms with Crippen LogP contribution in [0, 0.1) is 0 Å². The number of hydrogen-bond donors (Lipinski definition) is 1. The van der Waals surface area contributed by atoms with Crippen LogP contribution in [0.5, 0.6) is 5.75 Å². The predicted molar refractivity (Wildman–Crippen MR) is 94.1 cm³/mol. The van der Waals surface area contributed by atoms with Gasteiger partial charge >= 0.3 is 0 Å². The Morgan fingerprint density at radius 2 is 2.15 bits per heavy atom. The van der Waals surface area contributed by atoms with E-state index in [0.717, 1.165) is 6.42 Å². The normalized spacial score (nSPS) is 18.5. The van der Waals surface area contributed by atoms with E-state index in [1.807, 2.05) is 0 Å². The van der Waals surface area contributed by atoms with Gasteiger partial charge in [0.25, 0.3) is 0 Å². The van der Waals surface area contributed by atoms with Gasteiger partial charge in [0.05, 0.1) is 13.3 Å². The molecular formula is C17H21N3O5S. The van der Waals surface area contributed by atoms with Gasteiger partial charge in [0, 0.05) is 25.2 Å². The zero-order valence-corrected chi connectivity index (χ0v) is 15.5. The molecule has 1 aliphatic heterocycles. The maximum atomic E-state index is 13.3. The lowest BCUT2D eigenvalue weighted by Gasteiger charge is -2.33. The summed E-state index contributed by atoms with van der Waals surface area (Å²) < 4.78 is 38.3. The van der Waals surface area contributed by atoms with Crippen molar-refractivity contribution in [2.45, 2.75) is 30.2 Å². The molecule has 1 aromatic carbocycles. The van der Waals surface area contributed by atoms with Gasteiger partial charge in [-0.25, -0.2) is 8.42 Å². The monoisotopic (exact) mass is 379 g/mol. The highest BCUT2D eigenvalue weighted by molar-refractivity contribution is 7.89. The molecule has 1 atom stereocenters. The van der Waals surface area contributed by atoms with Crippen LogP contribution in [-0.4, -0.2) is 50.5 Å². The Labute approximate surface area is 152 Å². The molecule has 8 nitrogen and oxygen atoms in total. The summed E-state index contributed by atoms with van der Waals surface area (Å²) in [5.41, 5.74) is 0.565. The molecule has 1 aliphatic rings. The number of carbonyl (C=O) groups is 1. The van der Waals surface area contributed by atoms with Crippen LogP contribution in [0.3, 0.4) is 0 Å². The summed E-state index contributed by atoms with van der Waals surface area (Å²) >= 11 is 0. The van der Waals surface area contributed by atoms with Gasteiger partial charge < -0.3 is 14.6 Å². The summed E-state index contributed by atoms with van der Waals surface area (Å²) in [6.07, 6.45) is 3.49. The number of nitrogens with zero attached hydrogens (tertiary/aromatic N) is 2. The number of benzene rings is 1. The van der Waals surface area contributed by atoms with E-state index in [1.54, 1.807) is 18.2 Å². The first-order chi connectivity index (χ1) is 12.5. The van der Waals surface area contributed by atoms with Crippen molar-refractivity contribution in [2.24, 2.45) is 0 Å². The number of piperidine rings is 1. The maximum Gasteiger partial charge on any atom is 0.247 e. The summed E-state index contributed by atoms with van der Waals surface area (Å²) in [6, 6.07) is 5.68. The molecule has 1 N–H and O–H groups in total. The minimum atomic E-state index is -3.94. The predicted octanol–water partition coefficient (Wildman–Crippen LogP) is 1.64. The molecule has 1 saturated heterocycles. The van der Waals surface area contributed by atoms with Gasteiger partial charge in [-0.15, -0.1) is 0 Å². The molecule has 0 bridgehead atoms. The zero-order chi connectivity index (χ0) is 18.7. The minimum Gasteiger partial charge on any atom is -0.495 e. The number of amides is 1. The Balaban J connectivity index is 2.07. The second-order valence-electron chi connectivity index (χ2n) is 5.98. The van der Waals surface area contributed by atoms with Gasteiger partial charge in [0.2, 0.25) is 15.9 Å². The molecule has 0 saturated carbocycles. The number of methoxy groups -OCH3 is 1. The minimum absolute atomic E-state index is 0.00435. The topological polar surface area (TPSA) is 102 Å². The SMILES string of the molecule is CNC(=O)C1CCCCN1S(=O)(=O)c1cc(-c2ccno2)ccc1OC. The van der Waals surface area contributed by atoms with Crippen molar-refractivity contribution in [2.75, 3.05) is 20.7 Å². The van der Waals surface area contributed by atoms with E-state index in [1.165, 1.54) is 30.7 Å². The van der Waals surface area contributed by atoms with Crippen LogP contribution >= 0.6 is 0 Å². The average molecular weight is 379 g/mol. The third-order valence-electron chi connectivity index (χ3n) is 4.48. The Morgan fingerprint density at radius 3 is 2.81 bits per heavy atom. The van der Waals surface area contributed by atoms with Crippen LogP contribution in [0.15, 0.2) is 39.9 Å². The van der Waals surface area contributed by atoms with E-state index in [0.29, 0.717) is 24.2 Å². The van der Waals surface area contributed by atoms with Crippen LogP contribution in [0.1, 0.15) is 19.3 Å². The van der Waals surface area contributed by atoms with E-state index in [4.69, 9.17) is 9.26 Å². The summed E-state index contributed by atoms with van der Waals surface area (Å²) in [4.78, 5) is 12.2. The lowest BCUT2D eigenvalue weighted by Crippen LogP contribution is -2.51. The standard InChI is InChI=1S/C17H21N3O5S/c1-18-17(21)13-5-3-4-10-20(13)26(22,23)16-11-12(6-7-15(16)24-2)14-8-9-19-25-14/h6-9,11,13H,3-5,10H2,1-2H3,(H,18,21). The van der Waals surface area contributed by atoms with Crippen LogP contribution in [0.2, 0.25) is 0 Å². The highest BCUT2D eigenvalue weighted by atomic mass is 32.2. The second-order valence-corrected chi connectivity index (χ2v) is 7.84. The molecule has 1 unspecified atom stereocenters. The Bertz CT molecular complexity index is 880. The lowest BCUT2D eigenvalue weighted by atomic mass is 10.0. The van der Waals surface area contributed by atoms with Crippen LogP contribution < -0.4 is 10.1 Å². The molecular weight excluding hydrogens is 358 g/mol. The first-order valence-corrected chi connectivity index (χ1v) is 9.75. The fraction of sp³-hybridized carbons (Fsp3) is 0.412. The third-order valence-corrected chi connectivity index (χ3v) is 6.40. The lowest BCUT2D eigenvalue weighted by molar-refractivity contribution is -0.125. The van der Waals surface area contributed by atoms with Crippen molar-refractivity contribution < 1.29 is 22.5 Å². The highest BCUT2D eigenvalue weighted by Crippen LogP contribution is 2.34. The molecule has 9 heteroatoms. The summed E-state index contributed by atoms with van der Waals surface area (Å²) in [7, 11) is -1.02. The Morgan fingerprint density at radius 1 is 1.35 bits per heavy atom. The number of ether oxygens (including phenoxy) is 1. The number of rotatable bonds is 5. The molecule has 26 heavy (non-hydrogen) atoms. The van der Waals surface area contributed by atoms with Crippen LogP contribution in [-0.2, 0) is 14.8 Å². The van der Waals surface area contributed by atoms with Crippen molar-refractivity contribution in [3.63, 3.8) is 0 Å². The first-order valence-electron chi connectivity index (χ1n) is 8.31. The number of sulfonamides is 1. The number of likely N-dealkylation sites (N-methyl/N-ethyl adjacent to an activating group) is 1. The van der Waals surface area contributed by atoms with E-state index in [9.17, 15) is 13.2 Å². The molecule has 0 spiro atoms.